The average Bonchev–Trinajstić information content (AvgIpc) is 3.18. The topological polar surface area (TPSA) is 88.2 Å². The molecule has 1 amide bonds. The van der Waals surface area contributed by atoms with Crippen LogP contribution in [-0.2, 0) is 21.2 Å². The van der Waals surface area contributed by atoms with Gasteiger partial charge in [-0.1, -0.05) is 35.9 Å². The van der Waals surface area contributed by atoms with Gasteiger partial charge in [-0.3, -0.25) is 9.52 Å². The molecule has 0 aliphatic rings. The van der Waals surface area contributed by atoms with E-state index in [1.54, 1.807) is 36.5 Å². The monoisotopic (exact) mass is 479 g/mol. The van der Waals surface area contributed by atoms with Gasteiger partial charge < -0.3 is 5.32 Å². The summed E-state index contributed by atoms with van der Waals surface area (Å²) in [6.07, 6.45) is 0.785. The van der Waals surface area contributed by atoms with E-state index in [2.05, 4.69) is 15.0 Å². The van der Waals surface area contributed by atoms with Gasteiger partial charge in [-0.25, -0.2) is 13.4 Å². The summed E-state index contributed by atoms with van der Waals surface area (Å²) in [6, 6.07) is 18.3. The number of sulfonamides is 1. The van der Waals surface area contributed by atoms with E-state index >= 15 is 0 Å². The molecule has 4 aromatic rings. The summed E-state index contributed by atoms with van der Waals surface area (Å²) in [5.41, 5.74) is 4.40. The van der Waals surface area contributed by atoms with Gasteiger partial charge >= 0.3 is 0 Å². The molecule has 0 unspecified atom stereocenters. The Bertz CT molecular complexity index is 1410. The third-order valence-corrected chi connectivity index (χ3v) is 7.90. The van der Waals surface area contributed by atoms with Crippen LogP contribution in [0.3, 0.4) is 0 Å². The molecule has 0 spiro atoms. The van der Waals surface area contributed by atoms with Crippen LogP contribution < -0.4 is 10.0 Å². The summed E-state index contributed by atoms with van der Waals surface area (Å²) in [4.78, 5) is 17.2. The lowest BCUT2D eigenvalue weighted by atomic mass is 10.1. The quantitative estimate of drug-likeness (QED) is 0.361. The fraction of sp³-hybridized carbons (Fsp3) is 0.200. The number of amides is 1. The van der Waals surface area contributed by atoms with Gasteiger partial charge in [-0.05, 0) is 62.2 Å². The van der Waals surface area contributed by atoms with Crippen LogP contribution in [0.1, 0.15) is 28.1 Å². The average molecular weight is 480 g/mol. The minimum absolute atomic E-state index is 0.131. The molecular formula is C25H25N3O3S2. The second kappa shape index (κ2) is 9.33. The first kappa shape index (κ1) is 22.9. The van der Waals surface area contributed by atoms with Crippen molar-refractivity contribution in [3.63, 3.8) is 0 Å². The Hall–Kier alpha value is -3.23. The van der Waals surface area contributed by atoms with E-state index in [4.69, 9.17) is 0 Å². The van der Waals surface area contributed by atoms with E-state index in [1.807, 2.05) is 50.2 Å². The van der Waals surface area contributed by atoms with Crippen molar-refractivity contribution in [3.8, 4) is 0 Å². The Morgan fingerprint density at radius 2 is 1.76 bits per heavy atom. The minimum Gasteiger partial charge on any atom is -0.326 e. The van der Waals surface area contributed by atoms with E-state index in [0.717, 1.165) is 26.4 Å². The molecule has 2 N–H and O–H groups in total. The van der Waals surface area contributed by atoms with Gasteiger partial charge in [-0.15, -0.1) is 11.3 Å². The van der Waals surface area contributed by atoms with Gasteiger partial charge in [0.25, 0.3) is 10.0 Å². The van der Waals surface area contributed by atoms with Crippen molar-refractivity contribution in [2.24, 2.45) is 0 Å². The molecule has 3 aromatic carbocycles. The predicted octanol–water partition coefficient (Wildman–Crippen LogP) is 5.59. The van der Waals surface area contributed by atoms with Gasteiger partial charge in [0, 0.05) is 18.5 Å². The number of hydrogen-bond donors (Lipinski definition) is 2. The fourth-order valence-corrected chi connectivity index (χ4v) is 5.94. The molecule has 0 saturated carbocycles. The van der Waals surface area contributed by atoms with Crippen molar-refractivity contribution in [1.82, 2.24) is 4.98 Å². The Balaban J connectivity index is 1.46. The van der Waals surface area contributed by atoms with Gasteiger partial charge in [0.15, 0.2) is 0 Å². The lowest BCUT2D eigenvalue weighted by Gasteiger charge is -2.14. The molecule has 1 aromatic heterocycles. The number of thiazole rings is 1. The standard InChI is InChI=1S/C25H25N3O3S2/c1-16-8-11-20(18(3)14-16)28-33(30,31)23-15-19(10-9-17(23)2)26-24(29)12-13-25-27-21-6-4-5-7-22(21)32-25/h4-11,14-15,28H,12-13H2,1-3H3,(H,26,29). The number of aromatic nitrogens is 1. The number of nitrogens with one attached hydrogen (secondary N) is 2. The van der Waals surface area contributed by atoms with Crippen LogP contribution in [0.25, 0.3) is 10.2 Å². The predicted molar refractivity (Wildman–Crippen MR) is 134 cm³/mol. The number of para-hydroxylation sites is 1. The number of hydrogen-bond acceptors (Lipinski definition) is 5. The first-order chi connectivity index (χ1) is 15.7. The summed E-state index contributed by atoms with van der Waals surface area (Å²) in [5, 5.41) is 3.71. The SMILES string of the molecule is Cc1ccc(NS(=O)(=O)c2cc(NC(=O)CCc3nc4ccccc4s3)ccc2C)c(C)c1. The van der Waals surface area contributed by atoms with Crippen LogP contribution in [0.5, 0.6) is 0 Å². The Labute approximate surface area is 197 Å². The summed E-state index contributed by atoms with van der Waals surface area (Å²) >= 11 is 1.58. The van der Waals surface area contributed by atoms with E-state index in [-0.39, 0.29) is 17.2 Å². The molecule has 0 fully saturated rings. The second-order valence-corrected chi connectivity index (χ2v) is 10.8. The molecule has 0 radical (unpaired) electrons. The molecule has 33 heavy (non-hydrogen) atoms. The summed E-state index contributed by atoms with van der Waals surface area (Å²) in [5.74, 6) is -0.191. The highest BCUT2D eigenvalue weighted by Crippen LogP contribution is 2.26. The van der Waals surface area contributed by atoms with E-state index in [9.17, 15) is 13.2 Å². The van der Waals surface area contributed by atoms with Crippen LogP contribution in [0.15, 0.2) is 65.6 Å². The summed E-state index contributed by atoms with van der Waals surface area (Å²) < 4.78 is 29.9. The second-order valence-electron chi connectivity index (χ2n) is 8.03. The zero-order valence-corrected chi connectivity index (χ0v) is 20.3. The van der Waals surface area contributed by atoms with Crippen LogP contribution in [-0.4, -0.2) is 19.3 Å². The molecule has 8 heteroatoms. The summed E-state index contributed by atoms with van der Waals surface area (Å²) in [7, 11) is -3.82. The normalized spacial score (nSPS) is 11.5. The van der Waals surface area contributed by atoms with E-state index in [1.165, 1.54) is 6.07 Å². The van der Waals surface area contributed by atoms with Gasteiger partial charge in [0.2, 0.25) is 5.91 Å². The highest BCUT2D eigenvalue weighted by molar-refractivity contribution is 7.92. The zero-order valence-electron chi connectivity index (χ0n) is 18.7. The first-order valence-corrected chi connectivity index (χ1v) is 12.9. The number of aryl methyl sites for hydroxylation is 4. The van der Waals surface area contributed by atoms with E-state index in [0.29, 0.717) is 23.4 Å². The molecule has 0 saturated heterocycles. The van der Waals surface area contributed by atoms with Gasteiger partial charge in [0.05, 0.1) is 25.8 Å². The number of nitrogens with zero attached hydrogens (tertiary/aromatic N) is 1. The van der Waals surface area contributed by atoms with Crippen molar-refractivity contribution in [2.75, 3.05) is 10.0 Å². The molecule has 0 atom stereocenters. The molecule has 1 heterocycles. The van der Waals surface area contributed by atoms with E-state index < -0.39 is 10.0 Å². The number of anilines is 2. The maximum Gasteiger partial charge on any atom is 0.262 e. The number of benzene rings is 3. The van der Waals surface area contributed by atoms with Crippen LogP contribution in [0.2, 0.25) is 0 Å². The minimum atomic E-state index is -3.82. The third kappa shape index (κ3) is 5.40. The Morgan fingerprint density at radius 3 is 2.52 bits per heavy atom. The third-order valence-electron chi connectivity index (χ3n) is 5.29. The number of fused-ring (bicyclic) bond motifs is 1. The maximum absolute atomic E-state index is 13.1. The Kier molecular flexibility index (Phi) is 6.49. The van der Waals surface area contributed by atoms with Gasteiger partial charge in [0.1, 0.15) is 0 Å². The first-order valence-electron chi connectivity index (χ1n) is 10.6. The molecule has 0 aliphatic carbocycles. The number of carbonyl (C=O) groups is 1. The zero-order chi connectivity index (χ0) is 23.6. The van der Waals surface area contributed by atoms with Gasteiger partial charge in [-0.2, -0.15) is 0 Å². The largest absolute Gasteiger partial charge is 0.326 e. The van der Waals surface area contributed by atoms with Crippen LogP contribution >= 0.6 is 11.3 Å². The fourth-order valence-electron chi connectivity index (χ4n) is 3.57. The molecule has 0 aliphatic heterocycles. The summed E-state index contributed by atoms with van der Waals surface area (Å²) in [6.45, 7) is 5.55. The van der Waals surface area contributed by atoms with Crippen molar-refractivity contribution in [2.45, 2.75) is 38.5 Å². The highest BCUT2D eigenvalue weighted by atomic mass is 32.2. The van der Waals surface area contributed by atoms with Crippen molar-refractivity contribution in [1.29, 1.82) is 0 Å². The van der Waals surface area contributed by atoms with Crippen molar-refractivity contribution < 1.29 is 13.2 Å². The van der Waals surface area contributed by atoms with Crippen LogP contribution in [0, 0.1) is 20.8 Å². The number of rotatable bonds is 7. The van der Waals surface area contributed by atoms with Crippen molar-refractivity contribution >= 4 is 48.9 Å². The Morgan fingerprint density at radius 1 is 0.970 bits per heavy atom. The lowest BCUT2D eigenvalue weighted by Crippen LogP contribution is -2.17. The molecule has 4 rings (SSSR count). The highest BCUT2D eigenvalue weighted by Gasteiger charge is 2.19. The van der Waals surface area contributed by atoms with Crippen molar-refractivity contribution in [3.05, 3.63) is 82.4 Å². The molecule has 0 bridgehead atoms. The molecule has 6 nitrogen and oxygen atoms in total. The smallest absolute Gasteiger partial charge is 0.262 e. The molecular weight excluding hydrogens is 454 g/mol. The number of carbonyl (C=O) groups excluding carboxylic acids is 1. The molecule has 170 valence electrons. The maximum atomic E-state index is 13.1. The van der Waals surface area contributed by atoms with Crippen LogP contribution in [0.4, 0.5) is 11.4 Å². The lowest BCUT2D eigenvalue weighted by molar-refractivity contribution is -0.116.